The van der Waals surface area contributed by atoms with Gasteiger partial charge in [-0.2, -0.15) is 0 Å². The topological polar surface area (TPSA) is 46.6 Å². The lowest BCUT2D eigenvalue weighted by atomic mass is 10.1. The summed E-state index contributed by atoms with van der Waals surface area (Å²) in [5, 5.41) is -0.226. The summed E-state index contributed by atoms with van der Waals surface area (Å²) in [6.45, 7) is 2.62. The standard InChI is InChI=1S/C19H17NO3S/c1-2-20-18(21)17(24-19(20)22)12-15-10-6-7-11-16(15)23-13-14-8-4-3-5-9-14/h3-12H,2,13H2,1H3/b17-12+. The van der Waals surface area contributed by atoms with Gasteiger partial charge in [-0.1, -0.05) is 48.5 Å². The quantitative estimate of drug-likeness (QED) is 0.761. The lowest BCUT2D eigenvalue weighted by molar-refractivity contribution is -0.122. The molecule has 3 rings (SSSR count). The zero-order valence-corrected chi connectivity index (χ0v) is 14.1. The molecule has 1 fully saturated rings. The zero-order valence-electron chi connectivity index (χ0n) is 13.3. The second kappa shape index (κ2) is 7.36. The molecule has 0 bridgehead atoms. The number of amides is 2. The fourth-order valence-electron chi connectivity index (χ4n) is 2.38. The molecule has 4 nitrogen and oxygen atoms in total. The highest BCUT2D eigenvalue weighted by Gasteiger charge is 2.33. The maximum absolute atomic E-state index is 12.2. The Morgan fingerprint density at radius 2 is 1.75 bits per heavy atom. The zero-order chi connectivity index (χ0) is 16.9. The van der Waals surface area contributed by atoms with Gasteiger partial charge < -0.3 is 4.74 Å². The van der Waals surface area contributed by atoms with Gasteiger partial charge in [0.1, 0.15) is 12.4 Å². The van der Waals surface area contributed by atoms with Crippen LogP contribution in [0.5, 0.6) is 5.75 Å². The third kappa shape index (κ3) is 3.51. The lowest BCUT2D eigenvalue weighted by Gasteiger charge is -2.10. The van der Waals surface area contributed by atoms with Crippen LogP contribution in [0.3, 0.4) is 0 Å². The van der Waals surface area contributed by atoms with Crippen molar-refractivity contribution in [2.24, 2.45) is 0 Å². The SMILES string of the molecule is CCN1C(=O)S/C(=C/c2ccccc2OCc2ccccc2)C1=O. The summed E-state index contributed by atoms with van der Waals surface area (Å²) in [4.78, 5) is 25.7. The van der Waals surface area contributed by atoms with Crippen molar-refractivity contribution in [1.29, 1.82) is 0 Å². The van der Waals surface area contributed by atoms with Crippen molar-refractivity contribution < 1.29 is 14.3 Å². The van der Waals surface area contributed by atoms with E-state index in [0.29, 0.717) is 23.8 Å². The summed E-state index contributed by atoms with van der Waals surface area (Å²) in [5.74, 6) is 0.440. The molecule has 1 saturated heterocycles. The summed E-state index contributed by atoms with van der Waals surface area (Å²) in [7, 11) is 0. The van der Waals surface area contributed by atoms with Crippen molar-refractivity contribution in [1.82, 2.24) is 4.90 Å². The number of carbonyl (C=O) groups excluding carboxylic acids is 2. The normalized spacial score (nSPS) is 16.0. The van der Waals surface area contributed by atoms with Crippen LogP contribution in [0.25, 0.3) is 6.08 Å². The van der Waals surface area contributed by atoms with Crippen LogP contribution >= 0.6 is 11.8 Å². The summed E-state index contributed by atoms with van der Waals surface area (Å²) >= 11 is 0.967. The van der Waals surface area contributed by atoms with Crippen LogP contribution in [0.1, 0.15) is 18.1 Å². The number of thioether (sulfide) groups is 1. The van der Waals surface area contributed by atoms with Gasteiger partial charge >= 0.3 is 0 Å². The molecule has 2 aromatic rings. The molecule has 1 heterocycles. The number of ether oxygens (including phenoxy) is 1. The van der Waals surface area contributed by atoms with E-state index in [-0.39, 0.29) is 11.1 Å². The first-order valence-electron chi connectivity index (χ1n) is 7.70. The average Bonchev–Trinajstić information content (AvgIpc) is 2.88. The highest BCUT2D eigenvalue weighted by atomic mass is 32.2. The molecule has 1 aliphatic rings. The number of rotatable bonds is 5. The van der Waals surface area contributed by atoms with Crippen LogP contribution < -0.4 is 4.74 Å². The Balaban J connectivity index is 1.81. The highest BCUT2D eigenvalue weighted by Crippen LogP contribution is 2.33. The van der Waals surface area contributed by atoms with Gasteiger partial charge in [0, 0.05) is 12.1 Å². The van der Waals surface area contributed by atoms with E-state index in [9.17, 15) is 9.59 Å². The Bertz CT molecular complexity index is 786. The van der Waals surface area contributed by atoms with Crippen molar-refractivity contribution in [2.75, 3.05) is 6.54 Å². The molecule has 0 radical (unpaired) electrons. The largest absolute Gasteiger partial charge is 0.488 e. The number of likely N-dealkylation sites (N-methyl/N-ethyl adjacent to an activating group) is 1. The first-order chi connectivity index (χ1) is 11.7. The number of carbonyl (C=O) groups is 2. The fourth-order valence-corrected chi connectivity index (χ4v) is 3.27. The number of hydrogen-bond donors (Lipinski definition) is 0. The molecule has 0 saturated carbocycles. The molecule has 122 valence electrons. The Morgan fingerprint density at radius 3 is 2.46 bits per heavy atom. The van der Waals surface area contributed by atoms with E-state index < -0.39 is 0 Å². The number of nitrogens with zero attached hydrogens (tertiary/aromatic N) is 1. The minimum absolute atomic E-state index is 0.226. The lowest BCUT2D eigenvalue weighted by Crippen LogP contribution is -2.27. The predicted octanol–water partition coefficient (Wildman–Crippen LogP) is 4.32. The van der Waals surface area contributed by atoms with E-state index in [1.54, 1.807) is 13.0 Å². The summed E-state index contributed by atoms with van der Waals surface area (Å²) in [6, 6.07) is 17.4. The molecule has 24 heavy (non-hydrogen) atoms. The molecule has 0 unspecified atom stereocenters. The predicted molar refractivity (Wildman–Crippen MR) is 95.6 cm³/mol. The van der Waals surface area contributed by atoms with Gasteiger partial charge in [-0.15, -0.1) is 0 Å². The monoisotopic (exact) mass is 339 g/mol. The number of hydrogen-bond acceptors (Lipinski definition) is 4. The molecular formula is C19H17NO3S. The maximum Gasteiger partial charge on any atom is 0.293 e. The van der Waals surface area contributed by atoms with E-state index in [4.69, 9.17) is 4.74 Å². The first kappa shape index (κ1) is 16.3. The summed E-state index contributed by atoms with van der Waals surface area (Å²) < 4.78 is 5.89. The van der Waals surface area contributed by atoms with Gasteiger partial charge in [0.2, 0.25) is 0 Å². The van der Waals surface area contributed by atoms with Crippen molar-refractivity contribution in [3.63, 3.8) is 0 Å². The number of imide groups is 1. The van der Waals surface area contributed by atoms with Gasteiger partial charge in [0.15, 0.2) is 0 Å². The molecule has 0 spiro atoms. The molecule has 2 aromatic carbocycles. The molecule has 0 N–H and O–H groups in total. The highest BCUT2D eigenvalue weighted by molar-refractivity contribution is 8.18. The van der Waals surface area contributed by atoms with Crippen molar-refractivity contribution in [2.45, 2.75) is 13.5 Å². The molecule has 5 heteroatoms. The van der Waals surface area contributed by atoms with Gasteiger partial charge in [-0.05, 0) is 36.4 Å². The van der Waals surface area contributed by atoms with Crippen molar-refractivity contribution in [3.8, 4) is 5.75 Å². The molecule has 0 atom stereocenters. The summed E-state index contributed by atoms with van der Waals surface area (Å²) in [5.41, 5.74) is 1.86. The van der Waals surface area contributed by atoms with E-state index in [2.05, 4.69) is 0 Å². The van der Waals surface area contributed by atoms with Crippen LogP contribution in [0.15, 0.2) is 59.5 Å². The van der Waals surface area contributed by atoms with Crippen LogP contribution in [0.4, 0.5) is 4.79 Å². The molecule has 0 aliphatic carbocycles. The second-order valence-corrected chi connectivity index (χ2v) is 6.23. The van der Waals surface area contributed by atoms with Gasteiger partial charge in [-0.25, -0.2) is 0 Å². The van der Waals surface area contributed by atoms with Crippen LogP contribution in [-0.4, -0.2) is 22.6 Å². The van der Waals surface area contributed by atoms with Gasteiger partial charge in [-0.3, -0.25) is 14.5 Å². The molecule has 0 aromatic heterocycles. The van der Waals surface area contributed by atoms with Crippen LogP contribution in [0, 0.1) is 0 Å². The summed E-state index contributed by atoms with van der Waals surface area (Å²) in [6.07, 6.45) is 1.72. The minimum atomic E-state index is -0.245. The average molecular weight is 339 g/mol. The van der Waals surface area contributed by atoms with E-state index in [1.165, 1.54) is 4.90 Å². The first-order valence-corrected chi connectivity index (χ1v) is 8.52. The molecule has 2 amide bonds. The van der Waals surface area contributed by atoms with Crippen molar-refractivity contribution in [3.05, 3.63) is 70.6 Å². The van der Waals surface area contributed by atoms with Crippen molar-refractivity contribution >= 4 is 29.0 Å². The third-order valence-electron chi connectivity index (χ3n) is 3.63. The van der Waals surface area contributed by atoms with Gasteiger partial charge in [0.05, 0.1) is 4.91 Å². The third-order valence-corrected chi connectivity index (χ3v) is 4.54. The smallest absolute Gasteiger partial charge is 0.293 e. The Labute approximate surface area is 145 Å². The van der Waals surface area contributed by atoms with E-state index in [0.717, 1.165) is 22.9 Å². The maximum atomic E-state index is 12.2. The number of benzene rings is 2. The Kier molecular flexibility index (Phi) is 5.01. The molecule has 1 aliphatic heterocycles. The Morgan fingerprint density at radius 1 is 1.04 bits per heavy atom. The van der Waals surface area contributed by atoms with E-state index in [1.807, 2.05) is 54.6 Å². The van der Waals surface area contributed by atoms with Gasteiger partial charge in [0.25, 0.3) is 11.1 Å². The number of para-hydroxylation sites is 1. The Hall–Kier alpha value is -2.53. The van der Waals surface area contributed by atoms with Crippen LogP contribution in [0.2, 0.25) is 0 Å². The molecular weight excluding hydrogens is 322 g/mol. The van der Waals surface area contributed by atoms with E-state index >= 15 is 0 Å². The van der Waals surface area contributed by atoms with Crippen LogP contribution in [-0.2, 0) is 11.4 Å². The second-order valence-electron chi connectivity index (χ2n) is 5.24. The minimum Gasteiger partial charge on any atom is -0.488 e. The fraction of sp³-hybridized carbons (Fsp3) is 0.158.